The molecule has 1 aliphatic carbocycles. The van der Waals surface area contributed by atoms with E-state index in [0.29, 0.717) is 6.54 Å². The number of nitrogens with one attached hydrogen (secondary N) is 1. The molecule has 5 heteroatoms. The lowest BCUT2D eigenvalue weighted by Crippen LogP contribution is -2.35. The minimum atomic E-state index is -0.586. The van der Waals surface area contributed by atoms with Gasteiger partial charge in [-0.25, -0.2) is 4.39 Å². The summed E-state index contributed by atoms with van der Waals surface area (Å²) < 4.78 is 13.8. The van der Waals surface area contributed by atoms with Gasteiger partial charge in [-0.15, -0.1) is 0 Å². The van der Waals surface area contributed by atoms with E-state index in [1.165, 1.54) is 12.1 Å². The minimum absolute atomic E-state index is 0.121. The number of benzene rings is 1. The quantitative estimate of drug-likeness (QED) is 0.889. The summed E-state index contributed by atoms with van der Waals surface area (Å²) in [6.07, 6.45) is 3.84. The number of nitrogens with zero attached hydrogens (tertiary/aromatic N) is 1. The molecule has 4 nitrogen and oxygen atoms in total. The molecule has 1 fully saturated rings. The van der Waals surface area contributed by atoms with E-state index in [0.717, 1.165) is 31.7 Å². The molecule has 1 saturated carbocycles. The van der Waals surface area contributed by atoms with Crippen molar-refractivity contribution in [2.75, 3.05) is 11.9 Å². The lowest BCUT2D eigenvalue weighted by molar-refractivity contribution is -0.122. The molecule has 2 rings (SSSR count). The van der Waals surface area contributed by atoms with Gasteiger partial charge >= 0.3 is 0 Å². The van der Waals surface area contributed by atoms with E-state index < -0.39 is 5.82 Å². The highest BCUT2D eigenvalue weighted by atomic mass is 19.1. The van der Waals surface area contributed by atoms with Crippen molar-refractivity contribution in [3.05, 3.63) is 29.6 Å². The molecule has 1 amide bonds. The fourth-order valence-corrected chi connectivity index (χ4v) is 2.75. The molecular formula is C15H18FN3O. The first-order valence-corrected chi connectivity index (χ1v) is 6.86. The molecule has 1 aromatic carbocycles. The van der Waals surface area contributed by atoms with Gasteiger partial charge < -0.3 is 11.1 Å². The SMILES string of the molecule is N#Cc1ccc(NC(=O)C2CCCCC2CN)c(F)c1. The number of carbonyl (C=O) groups excluding carboxylic acids is 1. The molecule has 20 heavy (non-hydrogen) atoms. The zero-order valence-electron chi connectivity index (χ0n) is 11.2. The standard InChI is InChI=1S/C15H18FN3O/c16-13-7-10(8-17)5-6-14(13)19-15(20)12-4-2-1-3-11(12)9-18/h5-7,11-12H,1-4,9,18H2,(H,19,20). The highest BCUT2D eigenvalue weighted by molar-refractivity contribution is 5.93. The zero-order valence-corrected chi connectivity index (χ0v) is 11.2. The van der Waals surface area contributed by atoms with E-state index >= 15 is 0 Å². The number of nitriles is 1. The molecule has 1 aromatic rings. The first-order chi connectivity index (χ1) is 9.65. The lowest BCUT2D eigenvalue weighted by atomic mass is 9.78. The van der Waals surface area contributed by atoms with Crippen molar-refractivity contribution < 1.29 is 9.18 Å². The second-order valence-corrected chi connectivity index (χ2v) is 5.18. The largest absolute Gasteiger partial charge is 0.330 e. The predicted octanol–water partition coefficient (Wildman–Crippen LogP) is 2.40. The molecule has 0 saturated heterocycles. The zero-order chi connectivity index (χ0) is 14.5. The number of nitrogens with two attached hydrogens (primary N) is 1. The van der Waals surface area contributed by atoms with Crippen molar-refractivity contribution in [1.82, 2.24) is 0 Å². The smallest absolute Gasteiger partial charge is 0.227 e. The van der Waals surface area contributed by atoms with Crippen LogP contribution in [0.2, 0.25) is 0 Å². The molecule has 2 atom stereocenters. The van der Waals surface area contributed by atoms with Gasteiger partial charge in [0.25, 0.3) is 0 Å². The molecule has 1 aliphatic rings. The summed E-state index contributed by atoms with van der Waals surface area (Å²) in [7, 11) is 0. The highest BCUT2D eigenvalue weighted by Crippen LogP contribution is 2.30. The third-order valence-electron chi connectivity index (χ3n) is 3.90. The fourth-order valence-electron chi connectivity index (χ4n) is 2.75. The molecule has 0 heterocycles. The van der Waals surface area contributed by atoms with Gasteiger partial charge in [-0.3, -0.25) is 4.79 Å². The van der Waals surface area contributed by atoms with Gasteiger partial charge in [0.15, 0.2) is 0 Å². The van der Waals surface area contributed by atoms with Crippen LogP contribution in [0.4, 0.5) is 10.1 Å². The van der Waals surface area contributed by atoms with Crippen LogP contribution in [0.1, 0.15) is 31.2 Å². The molecular weight excluding hydrogens is 257 g/mol. The fraction of sp³-hybridized carbons (Fsp3) is 0.467. The highest BCUT2D eigenvalue weighted by Gasteiger charge is 2.30. The van der Waals surface area contributed by atoms with E-state index in [1.807, 2.05) is 6.07 Å². The third-order valence-corrected chi connectivity index (χ3v) is 3.90. The number of hydrogen-bond donors (Lipinski definition) is 2. The lowest BCUT2D eigenvalue weighted by Gasteiger charge is -2.29. The van der Waals surface area contributed by atoms with Gasteiger partial charge in [0.2, 0.25) is 5.91 Å². The summed E-state index contributed by atoms with van der Waals surface area (Å²) in [5, 5.41) is 11.3. The monoisotopic (exact) mass is 275 g/mol. The summed E-state index contributed by atoms with van der Waals surface area (Å²) in [4.78, 5) is 12.2. The molecule has 0 bridgehead atoms. The first kappa shape index (κ1) is 14.5. The Bertz CT molecular complexity index is 538. The van der Waals surface area contributed by atoms with Crippen LogP contribution in [-0.2, 0) is 4.79 Å². The van der Waals surface area contributed by atoms with Crippen molar-refractivity contribution in [1.29, 1.82) is 5.26 Å². The van der Waals surface area contributed by atoms with Gasteiger partial charge in [-0.05, 0) is 43.5 Å². The molecule has 0 aliphatic heterocycles. The van der Waals surface area contributed by atoms with Crippen molar-refractivity contribution >= 4 is 11.6 Å². The van der Waals surface area contributed by atoms with Gasteiger partial charge in [0, 0.05) is 5.92 Å². The second kappa shape index (κ2) is 6.49. The average molecular weight is 275 g/mol. The molecule has 0 spiro atoms. The summed E-state index contributed by atoms with van der Waals surface area (Å²) in [5.41, 5.74) is 6.06. The first-order valence-electron chi connectivity index (χ1n) is 6.86. The van der Waals surface area contributed by atoms with Crippen LogP contribution in [0.5, 0.6) is 0 Å². The maximum atomic E-state index is 13.8. The Morgan fingerprint density at radius 3 is 2.85 bits per heavy atom. The normalized spacial score (nSPS) is 22.1. The van der Waals surface area contributed by atoms with Crippen LogP contribution >= 0.6 is 0 Å². The van der Waals surface area contributed by atoms with Crippen molar-refractivity contribution in [2.45, 2.75) is 25.7 Å². The van der Waals surface area contributed by atoms with Gasteiger partial charge in [0.1, 0.15) is 5.82 Å². The maximum Gasteiger partial charge on any atom is 0.227 e. The predicted molar refractivity (Wildman–Crippen MR) is 74.2 cm³/mol. The Morgan fingerprint density at radius 1 is 1.45 bits per heavy atom. The molecule has 3 N–H and O–H groups in total. The van der Waals surface area contributed by atoms with Gasteiger partial charge in [0.05, 0.1) is 17.3 Å². The molecule has 106 valence electrons. The Hall–Kier alpha value is -1.93. The minimum Gasteiger partial charge on any atom is -0.330 e. The van der Waals surface area contributed by atoms with Crippen LogP contribution in [0.3, 0.4) is 0 Å². The Balaban J connectivity index is 2.09. The van der Waals surface area contributed by atoms with Gasteiger partial charge in [-0.1, -0.05) is 12.8 Å². The number of rotatable bonds is 3. The number of amides is 1. The van der Waals surface area contributed by atoms with Crippen molar-refractivity contribution in [3.8, 4) is 6.07 Å². The summed E-state index contributed by atoms with van der Waals surface area (Å²) in [6, 6.07) is 5.89. The maximum absolute atomic E-state index is 13.8. The van der Waals surface area contributed by atoms with Crippen molar-refractivity contribution in [3.63, 3.8) is 0 Å². The second-order valence-electron chi connectivity index (χ2n) is 5.18. The van der Waals surface area contributed by atoms with Crippen LogP contribution in [0, 0.1) is 29.0 Å². The average Bonchev–Trinajstić information content (AvgIpc) is 2.49. The Labute approximate surface area is 117 Å². The Morgan fingerprint density at radius 2 is 2.20 bits per heavy atom. The van der Waals surface area contributed by atoms with E-state index in [1.54, 1.807) is 0 Å². The third kappa shape index (κ3) is 3.14. The number of hydrogen-bond acceptors (Lipinski definition) is 3. The van der Waals surface area contributed by atoms with E-state index in [4.69, 9.17) is 11.0 Å². The van der Waals surface area contributed by atoms with Crippen LogP contribution in [0.25, 0.3) is 0 Å². The molecule has 2 unspecified atom stereocenters. The number of halogens is 1. The van der Waals surface area contributed by atoms with E-state index in [2.05, 4.69) is 5.32 Å². The van der Waals surface area contributed by atoms with Crippen LogP contribution < -0.4 is 11.1 Å². The summed E-state index contributed by atoms with van der Waals surface area (Å²) >= 11 is 0. The van der Waals surface area contributed by atoms with Crippen molar-refractivity contribution in [2.24, 2.45) is 17.6 Å². The van der Waals surface area contributed by atoms with Crippen LogP contribution in [-0.4, -0.2) is 12.5 Å². The molecule has 0 radical (unpaired) electrons. The Kier molecular flexibility index (Phi) is 4.70. The topological polar surface area (TPSA) is 78.9 Å². The molecule has 0 aromatic heterocycles. The van der Waals surface area contributed by atoms with Crippen LogP contribution in [0.15, 0.2) is 18.2 Å². The van der Waals surface area contributed by atoms with Gasteiger partial charge in [-0.2, -0.15) is 5.26 Å². The number of anilines is 1. The summed E-state index contributed by atoms with van der Waals surface area (Å²) in [6.45, 7) is 0.480. The summed E-state index contributed by atoms with van der Waals surface area (Å²) in [5.74, 6) is -0.741. The van der Waals surface area contributed by atoms with E-state index in [9.17, 15) is 9.18 Å². The van der Waals surface area contributed by atoms with E-state index in [-0.39, 0.29) is 29.0 Å². The number of carbonyl (C=O) groups is 1.